The second-order valence-corrected chi connectivity index (χ2v) is 5.73. The van der Waals surface area contributed by atoms with Crippen LogP contribution >= 0.6 is 0 Å². The monoisotopic (exact) mass is 296 g/mol. The Bertz CT molecular complexity index is 507. The normalized spacial score (nSPS) is 18.7. The highest BCUT2D eigenvalue weighted by molar-refractivity contribution is 5.59. The SMILES string of the molecule is Cc1nn(C)c(NCC(C)N2CCN(C)CC2)c1[N+](=O)[O-]. The van der Waals surface area contributed by atoms with E-state index in [1.54, 1.807) is 18.7 Å². The van der Waals surface area contributed by atoms with Gasteiger partial charge in [0.2, 0.25) is 5.82 Å². The summed E-state index contributed by atoms with van der Waals surface area (Å²) in [6.07, 6.45) is 0. The zero-order valence-electron chi connectivity index (χ0n) is 13.2. The molecule has 1 aliphatic rings. The molecule has 1 unspecified atom stereocenters. The number of hydrogen-bond donors (Lipinski definition) is 1. The Morgan fingerprint density at radius 2 is 1.95 bits per heavy atom. The number of aryl methyl sites for hydroxylation is 2. The topological polar surface area (TPSA) is 79.5 Å². The van der Waals surface area contributed by atoms with Gasteiger partial charge < -0.3 is 10.2 Å². The number of nitro groups is 1. The average Bonchev–Trinajstić information content (AvgIpc) is 2.71. The summed E-state index contributed by atoms with van der Waals surface area (Å²) >= 11 is 0. The number of hydrogen-bond acceptors (Lipinski definition) is 6. The molecule has 1 aromatic heterocycles. The number of anilines is 1. The zero-order chi connectivity index (χ0) is 15.6. The van der Waals surface area contributed by atoms with E-state index in [0.717, 1.165) is 26.2 Å². The maximum Gasteiger partial charge on any atom is 0.333 e. The van der Waals surface area contributed by atoms with Gasteiger partial charge in [-0.2, -0.15) is 5.10 Å². The van der Waals surface area contributed by atoms with Crippen LogP contribution in [0.3, 0.4) is 0 Å². The summed E-state index contributed by atoms with van der Waals surface area (Å²) in [4.78, 5) is 15.5. The van der Waals surface area contributed by atoms with Gasteiger partial charge in [0, 0.05) is 45.8 Å². The number of piperazine rings is 1. The smallest absolute Gasteiger partial charge is 0.333 e. The molecule has 1 fully saturated rings. The minimum absolute atomic E-state index is 0.0723. The van der Waals surface area contributed by atoms with Crippen LogP contribution in [0.1, 0.15) is 12.6 Å². The van der Waals surface area contributed by atoms with Crippen molar-refractivity contribution >= 4 is 11.5 Å². The van der Waals surface area contributed by atoms with E-state index in [1.807, 2.05) is 0 Å². The van der Waals surface area contributed by atoms with Gasteiger partial charge in [-0.25, -0.2) is 4.68 Å². The molecule has 1 N–H and O–H groups in total. The van der Waals surface area contributed by atoms with Crippen molar-refractivity contribution in [3.8, 4) is 0 Å². The number of nitrogens with one attached hydrogen (secondary N) is 1. The van der Waals surface area contributed by atoms with E-state index in [1.165, 1.54) is 0 Å². The van der Waals surface area contributed by atoms with Gasteiger partial charge in [-0.05, 0) is 20.9 Å². The molecular formula is C13H24N6O2. The van der Waals surface area contributed by atoms with Crippen molar-refractivity contribution in [2.45, 2.75) is 19.9 Å². The van der Waals surface area contributed by atoms with Crippen molar-refractivity contribution in [2.75, 3.05) is 45.1 Å². The Labute approximate surface area is 124 Å². The molecule has 8 nitrogen and oxygen atoms in total. The van der Waals surface area contributed by atoms with Gasteiger partial charge in [0.25, 0.3) is 0 Å². The first kappa shape index (κ1) is 15.7. The lowest BCUT2D eigenvalue weighted by Gasteiger charge is -2.36. The maximum atomic E-state index is 11.1. The van der Waals surface area contributed by atoms with Crippen LogP contribution in [-0.2, 0) is 7.05 Å². The van der Waals surface area contributed by atoms with E-state index < -0.39 is 0 Å². The van der Waals surface area contributed by atoms with E-state index >= 15 is 0 Å². The van der Waals surface area contributed by atoms with Crippen molar-refractivity contribution < 1.29 is 4.92 Å². The quantitative estimate of drug-likeness (QED) is 0.636. The molecule has 1 saturated heterocycles. The van der Waals surface area contributed by atoms with Gasteiger partial charge in [0.15, 0.2) is 0 Å². The van der Waals surface area contributed by atoms with Gasteiger partial charge in [0.1, 0.15) is 5.69 Å². The molecule has 21 heavy (non-hydrogen) atoms. The second kappa shape index (κ2) is 6.40. The molecule has 118 valence electrons. The fraction of sp³-hybridized carbons (Fsp3) is 0.769. The zero-order valence-corrected chi connectivity index (χ0v) is 13.2. The van der Waals surface area contributed by atoms with Crippen molar-refractivity contribution in [3.63, 3.8) is 0 Å². The number of nitrogens with zero attached hydrogens (tertiary/aromatic N) is 5. The first-order valence-electron chi connectivity index (χ1n) is 7.24. The molecule has 0 spiro atoms. The third-order valence-electron chi connectivity index (χ3n) is 4.10. The summed E-state index contributed by atoms with van der Waals surface area (Å²) in [6, 6.07) is 0.327. The molecule has 2 rings (SSSR count). The highest BCUT2D eigenvalue weighted by Crippen LogP contribution is 2.27. The molecule has 1 atom stereocenters. The Kier molecular flexibility index (Phi) is 4.79. The second-order valence-electron chi connectivity index (χ2n) is 5.73. The molecule has 0 amide bonds. The van der Waals surface area contributed by atoms with E-state index in [-0.39, 0.29) is 10.6 Å². The van der Waals surface area contributed by atoms with Crippen LogP contribution in [0.15, 0.2) is 0 Å². The molecular weight excluding hydrogens is 272 g/mol. The first-order valence-corrected chi connectivity index (χ1v) is 7.24. The average molecular weight is 296 g/mol. The first-order chi connectivity index (χ1) is 9.90. The van der Waals surface area contributed by atoms with Gasteiger partial charge in [-0.3, -0.25) is 15.0 Å². The molecule has 0 aliphatic carbocycles. The van der Waals surface area contributed by atoms with Crippen LogP contribution in [0.25, 0.3) is 0 Å². The van der Waals surface area contributed by atoms with Crippen LogP contribution in [-0.4, -0.2) is 70.3 Å². The van der Waals surface area contributed by atoms with Crippen molar-refractivity contribution in [2.24, 2.45) is 7.05 Å². The highest BCUT2D eigenvalue weighted by Gasteiger charge is 2.25. The van der Waals surface area contributed by atoms with Gasteiger partial charge in [0.05, 0.1) is 4.92 Å². The molecule has 1 aromatic rings. The summed E-state index contributed by atoms with van der Waals surface area (Å²) in [5, 5.41) is 18.5. The van der Waals surface area contributed by atoms with Crippen molar-refractivity contribution in [1.82, 2.24) is 19.6 Å². The number of aromatic nitrogens is 2. The van der Waals surface area contributed by atoms with Crippen LogP contribution in [0, 0.1) is 17.0 Å². The predicted octanol–water partition coefficient (Wildman–Crippen LogP) is 0.685. The third kappa shape index (κ3) is 3.51. The van der Waals surface area contributed by atoms with Gasteiger partial charge in [-0.15, -0.1) is 0 Å². The fourth-order valence-corrected chi connectivity index (χ4v) is 2.70. The van der Waals surface area contributed by atoms with Gasteiger partial charge in [-0.1, -0.05) is 0 Å². The van der Waals surface area contributed by atoms with E-state index in [2.05, 4.69) is 34.2 Å². The molecule has 0 aromatic carbocycles. The van der Waals surface area contributed by atoms with Crippen LogP contribution in [0.4, 0.5) is 11.5 Å². The van der Waals surface area contributed by atoms with Crippen molar-refractivity contribution in [1.29, 1.82) is 0 Å². The van der Waals surface area contributed by atoms with Crippen molar-refractivity contribution in [3.05, 3.63) is 15.8 Å². The van der Waals surface area contributed by atoms with E-state index in [4.69, 9.17) is 0 Å². The predicted molar refractivity (Wildman–Crippen MR) is 81.6 cm³/mol. The summed E-state index contributed by atoms with van der Waals surface area (Å²) in [7, 11) is 3.85. The summed E-state index contributed by atoms with van der Waals surface area (Å²) in [5.41, 5.74) is 0.514. The Balaban J connectivity index is 1.98. The van der Waals surface area contributed by atoms with E-state index in [0.29, 0.717) is 24.1 Å². The third-order valence-corrected chi connectivity index (χ3v) is 4.10. The lowest BCUT2D eigenvalue weighted by Crippen LogP contribution is -2.50. The largest absolute Gasteiger partial charge is 0.363 e. The molecule has 1 aliphatic heterocycles. The lowest BCUT2D eigenvalue weighted by molar-refractivity contribution is -0.384. The minimum Gasteiger partial charge on any atom is -0.363 e. The molecule has 8 heteroatoms. The maximum absolute atomic E-state index is 11.1. The standard InChI is InChI=1S/C13H24N6O2/c1-10(18-7-5-16(3)6-8-18)9-14-13-12(19(20)21)11(2)15-17(13)4/h10,14H,5-9H2,1-4H3. The Hall–Kier alpha value is -1.67. The number of rotatable bonds is 5. The summed E-state index contributed by atoms with van der Waals surface area (Å²) in [5.74, 6) is 0.485. The fourth-order valence-electron chi connectivity index (χ4n) is 2.70. The van der Waals surface area contributed by atoms with Crippen LogP contribution in [0.5, 0.6) is 0 Å². The van der Waals surface area contributed by atoms with Gasteiger partial charge >= 0.3 is 5.69 Å². The molecule has 2 heterocycles. The van der Waals surface area contributed by atoms with E-state index in [9.17, 15) is 10.1 Å². The lowest BCUT2D eigenvalue weighted by atomic mass is 10.2. The van der Waals surface area contributed by atoms with Crippen LogP contribution < -0.4 is 5.32 Å². The Morgan fingerprint density at radius 3 is 2.52 bits per heavy atom. The van der Waals surface area contributed by atoms with Crippen LogP contribution in [0.2, 0.25) is 0 Å². The molecule has 0 radical (unpaired) electrons. The molecule has 0 bridgehead atoms. The molecule has 0 saturated carbocycles. The Morgan fingerprint density at radius 1 is 1.33 bits per heavy atom. The highest BCUT2D eigenvalue weighted by atomic mass is 16.6. The minimum atomic E-state index is -0.370. The summed E-state index contributed by atoms with van der Waals surface area (Å²) in [6.45, 7) is 8.67. The number of likely N-dealkylation sites (N-methyl/N-ethyl adjacent to an activating group) is 1. The summed E-state index contributed by atoms with van der Waals surface area (Å²) < 4.78 is 1.55.